The van der Waals surface area contributed by atoms with Crippen LogP contribution in [0.2, 0.25) is 0 Å². The van der Waals surface area contributed by atoms with Crippen molar-refractivity contribution in [1.29, 1.82) is 0 Å². The first kappa shape index (κ1) is 21.8. The Morgan fingerprint density at radius 3 is 2.47 bits per heavy atom. The molecule has 1 aliphatic rings. The molecule has 2 aromatic rings. The van der Waals surface area contributed by atoms with Crippen molar-refractivity contribution in [3.05, 3.63) is 42.5 Å². The van der Waals surface area contributed by atoms with Crippen LogP contribution in [-0.4, -0.2) is 45.2 Å². The first-order chi connectivity index (χ1) is 14.2. The van der Waals surface area contributed by atoms with Gasteiger partial charge in [0.25, 0.3) is 0 Å². The van der Waals surface area contributed by atoms with Crippen molar-refractivity contribution in [3.63, 3.8) is 0 Å². The molecule has 0 spiro atoms. The quantitative estimate of drug-likeness (QED) is 0.756. The summed E-state index contributed by atoms with van der Waals surface area (Å²) in [6.07, 6.45) is -0.0257. The SMILES string of the molecule is CCCC(=O)N1c2ccc(-c3cccc(S(=O)(=O)NC)c3)cc2N(C(=O)O)C[C@@H]1C. The fourth-order valence-electron chi connectivity index (χ4n) is 3.66. The molecule has 3 rings (SSSR count). The van der Waals surface area contributed by atoms with Crippen LogP contribution in [0, 0.1) is 0 Å². The summed E-state index contributed by atoms with van der Waals surface area (Å²) in [6, 6.07) is 11.3. The lowest BCUT2D eigenvalue weighted by atomic mass is 10.0. The van der Waals surface area contributed by atoms with Gasteiger partial charge in [0, 0.05) is 13.0 Å². The zero-order chi connectivity index (χ0) is 22.1. The zero-order valence-corrected chi connectivity index (χ0v) is 17.9. The molecular formula is C21H25N3O5S. The van der Waals surface area contributed by atoms with Gasteiger partial charge in [-0.15, -0.1) is 0 Å². The maximum Gasteiger partial charge on any atom is 0.411 e. The predicted molar refractivity (Wildman–Crippen MR) is 115 cm³/mol. The van der Waals surface area contributed by atoms with Crippen LogP contribution in [0.15, 0.2) is 47.4 Å². The Labute approximate surface area is 176 Å². The molecule has 1 atom stereocenters. The molecule has 2 N–H and O–H groups in total. The molecule has 0 radical (unpaired) electrons. The minimum absolute atomic E-state index is 0.0499. The average Bonchev–Trinajstić information content (AvgIpc) is 2.72. The van der Waals surface area contributed by atoms with Crippen LogP contribution < -0.4 is 14.5 Å². The van der Waals surface area contributed by atoms with Crippen LogP contribution in [0.1, 0.15) is 26.7 Å². The van der Waals surface area contributed by atoms with E-state index in [1.54, 1.807) is 35.2 Å². The number of nitrogens with zero attached hydrogens (tertiary/aromatic N) is 2. The van der Waals surface area contributed by atoms with Crippen LogP contribution in [0.4, 0.5) is 16.2 Å². The maximum absolute atomic E-state index is 12.7. The second-order valence-electron chi connectivity index (χ2n) is 7.19. The summed E-state index contributed by atoms with van der Waals surface area (Å²) in [5.74, 6) is -0.0499. The van der Waals surface area contributed by atoms with E-state index >= 15 is 0 Å². The molecule has 160 valence electrons. The van der Waals surface area contributed by atoms with E-state index in [0.717, 1.165) is 0 Å². The number of nitrogens with one attached hydrogen (secondary N) is 1. The number of sulfonamides is 1. The predicted octanol–water partition coefficient (Wildman–Crippen LogP) is 3.28. The van der Waals surface area contributed by atoms with Crippen molar-refractivity contribution in [2.24, 2.45) is 0 Å². The van der Waals surface area contributed by atoms with E-state index in [0.29, 0.717) is 35.3 Å². The van der Waals surface area contributed by atoms with Crippen molar-refractivity contribution >= 4 is 33.4 Å². The zero-order valence-electron chi connectivity index (χ0n) is 17.1. The molecule has 0 saturated heterocycles. The van der Waals surface area contributed by atoms with Crippen LogP contribution in [0.25, 0.3) is 11.1 Å². The van der Waals surface area contributed by atoms with E-state index in [1.165, 1.54) is 24.1 Å². The maximum atomic E-state index is 12.7. The number of hydrogen-bond acceptors (Lipinski definition) is 4. The number of rotatable bonds is 5. The van der Waals surface area contributed by atoms with Gasteiger partial charge in [0.1, 0.15) is 0 Å². The van der Waals surface area contributed by atoms with Gasteiger partial charge in [0.2, 0.25) is 15.9 Å². The molecule has 0 saturated carbocycles. The molecule has 30 heavy (non-hydrogen) atoms. The minimum atomic E-state index is -3.61. The van der Waals surface area contributed by atoms with Crippen molar-refractivity contribution in [1.82, 2.24) is 4.72 Å². The Kier molecular flexibility index (Phi) is 6.14. The summed E-state index contributed by atoms with van der Waals surface area (Å²) in [5.41, 5.74) is 2.23. The second kappa shape index (κ2) is 8.45. The second-order valence-corrected chi connectivity index (χ2v) is 9.08. The van der Waals surface area contributed by atoms with Gasteiger partial charge in [0.15, 0.2) is 0 Å². The average molecular weight is 432 g/mol. The van der Waals surface area contributed by atoms with E-state index in [1.807, 2.05) is 13.8 Å². The Balaban J connectivity index is 2.12. The highest BCUT2D eigenvalue weighted by atomic mass is 32.2. The normalized spacial score (nSPS) is 16.3. The molecule has 0 unspecified atom stereocenters. The summed E-state index contributed by atoms with van der Waals surface area (Å²) in [6.45, 7) is 3.91. The van der Waals surface area contributed by atoms with Crippen LogP contribution in [-0.2, 0) is 14.8 Å². The largest absolute Gasteiger partial charge is 0.465 e. The summed E-state index contributed by atoms with van der Waals surface area (Å²) < 4.78 is 26.6. The Hall–Kier alpha value is -2.91. The molecule has 0 bridgehead atoms. The third-order valence-electron chi connectivity index (χ3n) is 5.12. The Morgan fingerprint density at radius 1 is 1.13 bits per heavy atom. The number of hydrogen-bond donors (Lipinski definition) is 2. The Bertz CT molecular complexity index is 1080. The smallest absolute Gasteiger partial charge is 0.411 e. The molecule has 0 aliphatic carbocycles. The van der Waals surface area contributed by atoms with E-state index in [4.69, 9.17) is 0 Å². The van der Waals surface area contributed by atoms with Gasteiger partial charge < -0.3 is 10.0 Å². The molecule has 1 heterocycles. The third kappa shape index (κ3) is 4.03. The molecule has 1 aliphatic heterocycles. The number of carbonyl (C=O) groups excluding carboxylic acids is 1. The van der Waals surface area contributed by atoms with Gasteiger partial charge in [-0.1, -0.05) is 25.1 Å². The summed E-state index contributed by atoms with van der Waals surface area (Å²) in [5, 5.41) is 9.71. The van der Waals surface area contributed by atoms with Crippen LogP contribution >= 0.6 is 0 Å². The molecule has 2 amide bonds. The number of carboxylic acid groups (broad SMARTS) is 1. The highest BCUT2D eigenvalue weighted by Gasteiger charge is 2.34. The van der Waals surface area contributed by atoms with Gasteiger partial charge in [0.05, 0.1) is 22.3 Å². The van der Waals surface area contributed by atoms with Crippen molar-refractivity contribution in [2.45, 2.75) is 37.6 Å². The first-order valence-electron chi connectivity index (χ1n) is 9.70. The van der Waals surface area contributed by atoms with Crippen molar-refractivity contribution < 1.29 is 23.1 Å². The lowest BCUT2D eigenvalue weighted by Gasteiger charge is -2.40. The van der Waals surface area contributed by atoms with Crippen LogP contribution in [0.3, 0.4) is 0 Å². The molecule has 0 fully saturated rings. The highest BCUT2D eigenvalue weighted by Crippen LogP contribution is 2.39. The van der Waals surface area contributed by atoms with E-state index in [2.05, 4.69) is 4.72 Å². The van der Waals surface area contributed by atoms with Gasteiger partial charge in [-0.05, 0) is 55.8 Å². The molecule has 2 aromatic carbocycles. The van der Waals surface area contributed by atoms with Gasteiger partial charge in [-0.3, -0.25) is 9.69 Å². The van der Waals surface area contributed by atoms with Crippen molar-refractivity contribution in [3.8, 4) is 11.1 Å². The fraction of sp³-hybridized carbons (Fsp3) is 0.333. The molecule has 9 heteroatoms. The van der Waals surface area contributed by atoms with E-state index in [9.17, 15) is 23.1 Å². The topological polar surface area (TPSA) is 107 Å². The Morgan fingerprint density at radius 2 is 1.83 bits per heavy atom. The molecule has 8 nitrogen and oxygen atoms in total. The number of anilines is 2. The number of fused-ring (bicyclic) bond motifs is 1. The summed E-state index contributed by atoms with van der Waals surface area (Å²) >= 11 is 0. The van der Waals surface area contributed by atoms with Gasteiger partial charge in [-0.2, -0.15) is 0 Å². The summed E-state index contributed by atoms with van der Waals surface area (Å²) in [4.78, 5) is 27.5. The van der Waals surface area contributed by atoms with Crippen molar-refractivity contribution in [2.75, 3.05) is 23.4 Å². The minimum Gasteiger partial charge on any atom is -0.465 e. The van der Waals surface area contributed by atoms with Crippen LogP contribution in [0.5, 0.6) is 0 Å². The monoisotopic (exact) mass is 431 g/mol. The third-order valence-corrected chi connectivity index (χ3v) is 6.54. The lowest BCUT2D eigenvalue weighted by molar-refractivity contribution is -0.119. The molecule has 0 aromatic heterocycles. The number of carbonyl (C=O) groups is 2. The number of benzene rings is 2. The number of amides is 2. The highest BCUT2D eigenvalue weighted by molar-refractivity contribution is 7.89. The van der Waals surface area contributed by atoms with E-state index in [-0.39, 0.29) is 23.4 Å². The fourth-order valence-corrected chi connectivity index (χ4v) is 4.44. The standard InChI is InChI=1S/C21H25N3O5S/c1-4-6-20(25)24-14(2)13-23(21(26)27)19-12-16(9-10-18(19)24)15-7-5-8-17(11-15)30(28,29)22-3/h5,7-12,14,22H,4,6,13H2,1-3H3,(H,26,27)/t14-/m0/s1. The van der Waals surface area contributed by atoms with Gasteiger partial charge in [-0.25, -0.2) is 17.9 Å². The first-order valence-corrected chi connectivity index (χ1v) is 11.2. The van der Waals surface area contributed by atoms with E-state index < -0.39 is 16.1 Å². The van der Waals surface area contributed by atoms with Gasteiger partial charge >= 0.3 is 6.09 Å². The lowest BCUT2D eigenvalue weighted by Crippen LogP contribution is -2.51. The molecular weight excluding hydrogens is 406 g/mol. The summed E-state index contributed by atoms with van der Waals surface area (Å²) in [7, 11) is -2.27.